The van der Waals surface area contributed by atoms with E-state index in [1.807, 2.05) is 47.1 Å². The fourth-order valence-corrected chi connectivity index (χ4v) is 4.99. The smallest absolute Gasteiger partial charge is 0.227 e. The van der Waals surface area contributed by atoms with E-state index in [-0.39, 0.29) is 11.8 Å². The van der Waals surface area contributed by atoms with Gasteiger partial charge in [0.2, 0.25) is 16.0 Å². The van der Waals surface area contributed by atoms with Crippen LogP contribution in [0.3, 0.4) is 0 Å². The Hall–Kier alpha value is -3.10. The Morgan fingerprint density at radius 2 is 1.97 bits per heavy atom. The van der Waals surface area contributed by atoms with Gasteiger partial charge in [-0.3, -0.25) is 4.79 Å². The number of aromatic nitrogens is 3. The number of methoxy groups -OCH3 is 1. The lowest BCUT2D eigenvalue weighted by molar-refractivity contribution is -0.120. The Balaban J connectivity index is 1.22. The second-order valence-electron chi connectivity index (χ2n) is 7.73. The molecule has 9 heteroatoms. The number of nitrogens with one attached hydrogen (secondary N) is 1. The Bertz CT molecular complexity index is 1210. The second kappa shape index (κ2) is 8.80. The van der Waals surface area contributed by atoms with Gasteiger partial charge >= 0.3 is 0 Å². The number of carbonyl (C=O) groups is 1. The molecule has 1 N–H and O–H groups in total. The highest BCUT2D eigenvalue weighted by molar-refractivity contribution is 7.20. The predicted molar refractivity (Wildman–Crippen MR) is 128 cm³/mol. The third kappa shape index (κ3) is 4.28. The SMILES string of the molecule is COc1ccc(-c2cn3nc(N4CCC(C(=O)Nc5cccc(Cl)c5)CC4)sc3n2)cc1. The monoisotopic (exact) mass is 467 g/mol. The van der Waals surface area contributed by atoms with Gasteiger partial charge in [0.25, 0.3) is 0 Å². The zero-order valence-corrected chi connectivity index (χ0v) is 19.1. The number of carbonyl (C=O) groups excluding carboxylic acids is 1. The van der Waals surface area contributed by atoms with E-state index in [1.54, 1.807) is 30.6 Å². The topological polar surface area (TPSA) is 71.8 Å². The molecule has 0 saturated carbocycles. The third-order valence-corrected chi connectivity index (χ3v) is 6.87. The minimum Gasteiger partial charge on any atom is -0.497 e. The molecule has 1 amide bonds. The summed E-state index contributed by atoms with van der Waals surface area (Å²) in [5.41, 5.74) is 2.64. The number of benzene rings is 2. The largest absolute Gasteiger partial charge is 0.497 e. The van der Waals surface area contributed by atoms with Crippen LogP contribution in [0.5, 0.6) is 5.75 Å². The van der Waals surface area contributed by atoms with Gasteiger partial charge in [-0.25, -0.2) is 9.50 Å². The zero-order valence-electron chi connectivity index (χ0n) is 17.5. The van der Waals surface area contributed by atoms with Gasteiger partial charge in [0, 0.05) is 35.3 Å². The van der Waals surface area contributed by atoms with Gasteiger partial charge in [0.05, 0.1) is 19.0 Å². The van der Waals surface area contributed by atoms with E-state index in [2.05, 4.69) is 10.2 Å². The summed E-state index contributed by atoms with van der Waals surface area (Å²) in [7, 11) is 1.65. The molecule has 2 aromatic carbocycles. The summed E-state index contributed by atoms with van der Waals surface area (Å²) < 4.78 is 7.05. The van der Waals surface area contributed by atoms with E-state index in [9.17, 15) is 4.79 Å². The van der Waals surface area contributed by atoms with Crippen molar-refractivity contribution in [1.82, 2.24) is 14.6 Å². The first-order chi connectivity index (χ1) is 15.6. The van der Waals surface area contributed by atoms with Crippen LogP contribution in [-0.2, 0) is 4.79 Å². The number of rotatable bonds is 5. The Morgan fingerprint density at radius 3 is 2.66 bits per heavy atom. The van der Waals surface area contributed by atoms with Crippen molar-refractivity contribution in [3.8, 4) is 17.0 Å². The van der Waals surface area contributed by atoms with E-state index >= 15 is 0 Å². The van der Waals surface area contributed by atoms with Crippen molar-refractivity contribution in [3.63, 3.8) is 0 Å². The summed E-state index contributed by atoms with van der Waals surface area (Å²) in [5, 5.41) is 9.24. The fourth-order valence-electron chi connectivity index (χ4n) is 3.86. The maximum atomic E-state index is 12.6. The molecular weight excluding hydrogens is 446 g/mol. The van der Waals surface area contributed by atoms with Crippen molar-refractivity contribution in [2.75, 3.05) is 30.4 Å². The van der Waals surface area contributed by atoms with Crippen LogP contribution < -0.4 is 15.0 Å². The summed E-state index contributed by atoms with van der Waals surface area (Å²) in [5.74, 6) is 0.848. The van der Waals surface area contributed by atoms with Crippen LogP contribution in [0.25, 0.3) is 16.2 Å². The van der Waals surface area contributed by atoms with Gasteiger partial charge in [0.15, 0.2) is 0 Å². The van der Waals surface area contributed by atoms with E-state index in [0.717, 1.165) is 58.7 Å². The highest BCUT2D eigenvalue weighted by Gasteiger charge is 2.27. The van der Waals surface area contributed by atoms with Crippen molar-refractivity contribution >= 4 is 44.6 Å². The molecule has 0 bridgehead atoms. The standard InChI is InChI=1S/C23H22ClN5O2S/c1-31-19-7-5-15(6-8-19)20-14-29-22(26-20)32-23(27-29)28-11-9-16(10-12-28)21(30)25-18-4-2-3-17(24)13-18/h2-8,13-14,16H,9-12H2,1H3,(H,25,30). The molecule has 7 nitrogen and oxygen atoms in total. The average Bonchev–Trinajstić information content (AvgIpc) is 3.39. The minimum atomic E-state index is -0.0176. The van der Waals surface area contributed by atoms with Gasteiger partial charge in [-0.05, 0) is 55.3 Å². The number of amides is 1. The van der Waals surface area contributed by atoms with E-state index < -0.39 is 0 Å². The molecule has 164 valence electrons. The van der Waals surface area contributed by atoms with Crippen molar-refractivity contribution in [2.45, 2.75) is 12.8 Å². The first kappa shape index (κ1) is 20.8. The van der Waals surface area contributed by atoms with Crippen LogP contribution in [-0.4, -0.2) is 40.7 Å². The lowest BCUT2D eigenvalue weighted by Crippen LogP contribution is -2.38. The number of ether oxygens (including phenoxy) is 1. The molecule has 32 heavy (non-hydrogen) atoms. The number of hydrogen-bond acceptors (Lipinski definition) is 6. The van der Waals surface area contributed by atoms with Crippen molar-refractivity contribution in [3.05, 3.63) is 59.8 Å². The number of anilines is 2. The number of fused-ring (bicyclic) bond motifs is 1. The third-order valence-electron chi connectivity index (χ3n) is 5.65. The van der Waals surface area contributed by atoms with E-state index in [1.165, 1.54) is 0 Å². The number of piperidine rings is 1. The normalized spacial score (nSPS) is 14.6. The summed E-state index contributed by atoms with van der Waals surface area (Å²) in [6.07, 6.45) is 3.51. The second-order valence-corrected chi connectivity index (χ2v) is 9.10. The van der Waals surface area contributed by atoms with E-state index in [0.29, 0.717) is 5.02 Å². The summed E-state index contributed by atoms with van der Waals surface area (Å²) in [6.45, 7) is 1.57. The highest BCUT2D eigenvalue weighted by Crippen LogP contribution is 2.30. The minimum absolute atomic E-state index is 0.0176. The maximum Gasteiger partial charge on any atom is 0.227 e. The summed E-state index contributed by atoms with van der Waals surface area (Å²) in [4.78, 5) is 20.4. The Morgan fingerprint density at radius 1 is 1.19 bits per heavy atom. The molecule has 1 aliphatic heterocycles. The van der Waals surface area contributed by atoms with Gasteiger partial charge in [-0.15, -0.1) is 5.10 Å². The highest BCUT2D eigenvalue weighted by atomic mass is 35.5. The maximum absolute atomic E-state index is 12.6. The molecule has 1 aliphatic rings. The van der Waals surface area contributed by atoms with Crippen LogP contribution in [0.2, 0.25) is 5.02 Å². The Kier molecular flexibility index (Phi) is 5.71. The fraction of sp³-hybridized carbons (Fsp3) is 0.261. The van der Waals surface area contributed by atoms with Gasteiger partial charge in [-0.1, -0.05) is 29.0 Å². The van der Waals surface area contributed by atoms with Crippen molar-refractivity contribution in [1.29, 1.82) is 0 Å². The number of nitrogens with zero attached hydrogens (tertiary/aromatic N) is 4. The predicted octanol–water partition coefficient (Wildman–Crippen LogP) is 4.97. The molecule has 3 heterocycles. The molecule has 1 fully saturated rings. The van der Waals surface area contributed by atoms with Gasteiger partial charge in [-0.2, -0.15) is 0 Å². The molecule has 2 aromatic heterocycles. The van der Waals surface area contributed by atoms with Crippen LogP contribution in [0.1, 0.15) is 12.8 Å². The summed E-state index contributed by atoms with van der Waals surface area (Å²) in [6, 6.07) is 15.1. The van der Waals surface area contributed by atoms with Gasteiger partial charge < -0.3 is 15.0 Å². The zero-order chi connectivity index (χ0) is 22.1. The molecule has 1 saturated heterocycles. The lowest BCUT2D eigenvalue weighted by Gasteiger charge is -2.30. The van der Waals surface area contributed by atoms with E-state index in [4.69, 9.17) is 26.4 Å². The first-order valence-corrected chi connectivity index (χ1v) is 11.6. The van der Waals surface area contributed by atoms with Crippen molar-refractivity contribution < 1.29 is 9.53 Å². The van der Waals surface area contributed by atoms with Crippen LogP contribution in [0, 0.1) is 5.92 Å². The molecule has 5 rings (SSSR count). The molecular formula is C23H22ClN5O2S. The molecule has 0 aliphatic carbocycles. The number of hydrogen-bond donors (Lipinski definition) is 1. The molecule has 0 radical (unpaired) electrons. The molecule has 0 atom stereocenters. The molecule has 4 aromatic rings. The number of imidazole rings is 1. The Labute approximate surface area is 194 Å². The summed E-state index contributed by atoms with van der Waals surface area (Å²) >= 11 is 7.57. The van der Waals surface area contributed by atoms with Crippen LogP contribution in [0.4, 0.5) is 10.8 Å². The average molecular weight is 468 g/mol. The lowest BCUT2D eigenvalue weighted by atomic mass is 9.96. The molecule has 0 spiro atoms. The van der Waals surface area contributed by atoms with Crippen LogP contribution in [0.15, 0.2) is 54.7 Å². The van der Waals surface area contributed by atoms with Crippen LogP contribution >= 0.6 is 22.9 Å². The number of halogens is 1. The van der Waals surface area contributed by atoms with Gasteiger partial charge in [0.1, 0.15) is 5.75 Å². The quantitative estimate of drug-likeness (QED) is 0.448. The van der Waals surface area contributed by atoms with Crippen molar-refractivity contribution in [2.24, 2.45) is 5.92 Å². The molecule has 0 unspecified atom stereocenters. The first-order valence-electron chi connectivity index (χ1n) is 10.4.